The SMILES string of the molecule is CCCC(=O)CCCN1CC=C(c2ccc(O[C@H]3CC[C@H](CC)CC3)cc2)CC1. The molecule has 1 aromatic carbocycles. The van der Waals surface area contributed by atoms with Gasteiger partial charge in [-0.15, -0.1) is 0 Å². The van der Waals surface area contributed by atoms with Crippen LogP contribution in [0.25, 0.3) is 5.57 Å². The number of ketones is 1. The van der Waals surface area contributed by atoms with E-state index in [1.165, 1.54) is 43.2 Å². The fourth-order valence-corrected chi connectivity index (χ4v) is 4.68. The van der Waals surface area contributed by atoms with Gasteiger partial charge < -0.3 is 4.74 Å². The molecule has 3 nitrogen and oxygen atoms in total. The molecule has 0 atom stereocenters. The van der Waals surface area contributed by atoms with E-state index in [1.54, 1.807) is 0 Å². The summed E-state index contributed by atoms with van der Waals surface area (Å²) in [6.07, 6.45) is 13.6. The Labute approximate surface area is 177 Å². The van der Waals surface area contributed by atoms with Crippen LogP contribution >= 0.6 is 0 Å². The number of hydrogen-bond donors (Lipinski definition) is 0. The predicted octanol–water partition coefficient (Wildman–Crippen LogP) is 6.27. The highest BCUT2D eigenvalue weighted by molar-refractivity contribution is 5.78. The summed E-state index contributed by atoms with van der Waals surface area (Å²) in [5, 5.41) is 0. The third kappa shape index (κ3) is 6.99. The molecule has 1 aromatic rings. The molecule has 1 fully saturated rings. The van der Waals surface area contributed by atoms with Crippen LogP contribution < -0.4 is 4.74 Å². The van der Waals surface area contributed by atoms with Gasteiger partial charge >= 0.3 is 0 Å². The normalized spacial score (nSPS) is 22.9. The molecule has 0 spiro atoms. The maximum atomic E-state index is 11.7. The first-order valence-electron chi connectivity index (χ1n) is 11.9. The smallest absolute Gasteiger partial charge is 0.132 e. The molecule has 1 aliphatic heterocycles. The fourth-order valence-electron chi connectivity index (χ4n) is 4.68. The molecule has 29 heavy (non-hydrogen) atoms. The van der Waals surface area contributed by atoms with Crippen LogP contribution in [0, 0.1) is 5.92 Å². The lowest BCUT2D eigenvalue weighted by atomic mass is 9.86. The van der Waals surface area contributed by atoms with Crippen LogP contribution in [0.2, 0.25) is 0 Å². The topological polar surface area (TPSA) is 29.5 Å². The maximum Gasteiger partial charge on any atom is 0.132 e. The molecule has 3 heteroatoms. The van der Waals surface area contributed by atoms with E-state index in [1.807, 2.05) is 0 Å². The van der Waals surface area contributed by atoms with Gasteiger partial charge in [0.25, 0.3) is 0 Å². The molecule has 0 unspecified atom stereocenters. The number of benzene rings is 1. The van der Waals surface area contributed by atoms with Crippen molar-refractivity contribution >= 4 is 11.4 Å². The minimum Gasteiger partial charge on any atom is -0.490 e. The summed E-state index contributed by atoms with van der Waals surface area (Å²) in [6, 6.07) is 8.73. The summed E-state index contributed by atoms with van der Waals surface area (Å²) >= 11 is 0. The van der Waals surface area contributed by atoms with Crippen molar-refractivity contribution in [1.29, 1.82) is 0 Å². The maximum absolute atomic E-state index is 11.7. The lowest BCUT2D eigenvalue weighted by molar-refractivity contribution is -0.119. The van der Waals surface area contributed by atoms with Crippen molar-refractivity contribution in [3.63, 3.8) is 0 Å². The third-order valence-electron chi connectivity index (χ3n) is 6.65. The Bertz CT molecular complexity index is 656. The molecule has 1 aliphatic carbocycles. The Balaban J connectivity index is 1.42. The predicted molar refractivity (Wildman–Crippen MR) is 121 cm³/mol. The Kier molecular flexibility index (Phi) is 8.79. The molecule has 0 aromatic heterocycles. The molecule has 0 saturated heterocycles. The van der Waals surface area contributed by atoms with Crippen molar-refractivity contribution in [3.05, 3.63) is 35.9 Å². The molecule has 160 valence electrons. The monoisotopic (exact) mass is 397 g/mol. The summed E-state index contributed by atoms with van der Waals surface area (Å²) in [5.41, 5.74) is 2.77. The van der Waals surface area contributed by atoms with Gasteiger partial charge in [0, 0.05) is 25.9 Å². The minimum atomic E-state index is 0.398. The van der Waals surface area contributed by atoms with Crippen LogP contribution in [0.15, 0.2) is 30.3 Å². The van der Waals surface area contributed by atoms with Gasteiger partial charge in [-0.2, -0.15) is 0 Å². The van der Waals surface area contributed by atoms with Crippen molar-refractivity contribution in [2.45, 2.75) is 84.2 Å². The summed E-state index contributed by atoms with van der Waals surface area (Å²) in [6.45, 7) is 7.50. The zero-order chi connectivity index (χ0) is 20.5. The van der Waals surface area contributed by atoms with Crippen LogP contribution in [0.3, 0.4) is 0 Å². The van der Waals surface area contributed by atoms with Crippen molar-refractivity contribution in [2.24, 2.45) is 5.92 Å². The lowest BCUT2D eigenvalue weighted by Crippen LogP contribution is -2.29. The average molecular weight is 398 g/mol. The summed E-state index contributed by atoms with van der Waals surface area (Å²) < 4.78 is 6.23. The Morgan fingerprint density at radius 3 is 2.45 bits per heavy atom. The lowest BCUT2D eigenvalue weighted by Gasteiger charge is -2.28. The molecule has 3 rings (SSSR count). The molecule has 0 radical (unpaired) electrons. The van der Waals surface area contributed by atoms with Gasteiger partial charge in [-0.1, -0.05) is 38.5 Å². The quantitative estimate of drug-likeness (QED) is 0.466. The van der Waals surface area contributed by atoms with Crippen molar-refractivity contribution in [3.8, 4) is 5.75 Å². The number of Topliss-reactive ketones (excluding diaryl/α,β-unsaturated/α-hetero) is 1. The zero-order valence-corrected chi connectivity index (χ0v) is 18.5. The van der Waals surface area contributed by atoms with E-state index in [2.05, 4.69) is 49.1 Å². The van der Waals surface area contributed by atoms with Gasteiger partial charge in [0.15, 0.2) is 0 Å². The number of ether oxygens (including phenoxy) is 1. The first-order chi connectivity index (χ1) is 14.2. The van der Waals surface area contributed by atoms with Crippen LogP contribution in [0.4, 0.5) is 0 Å². The third-order valence-corrected chi connectivity index (χ3v) is 6.65. The van der Waals surface area contributed by atoms with Gasteiger partial charge in [-0.3, -0.25) is 9.69 Å². The number of rotatable bonds is 10. The van der Waals surface area contributed by atoms with Gasteiger partial charge in [-0.25, -0.2) is 0 Å². The van der Waals surface area contributed by atoms with E-state index in [0.29, 0.717) is 11.9 Å². The molecule has 1 saturated carbocycles. The standard InChI is InChI=1S/C26H39NO2/c1-3-6-24(28)7-5-18-27-19-16-23(17-20-27)22-10-14-26(15-11-22)29-25-12-8-21(4-2)9-13-25/h10-11,14-16,21,25H,3-9,12-13,17-20H2,1-2H3/t21-,25-. The Morgan fingerprint density at radius 2 is 1.83 bits per heavy atom. The second kappa shape index (κ2) is 11.5. The fraction of sp³-hybridized carbons (Fsp3) is 0.654. The molecule has 0 N–H and O–H groups in total. The van der Waals surface area contributed by atoms with Crippen LogP contribution in [0.5, 0.6) is 5.75 Å². The minimum absolute atomic E-state index is 0.398. The Morgan fingerprint density at radius 1 is 1.07 bits per heavy atom. The van der Waals surface area contributed by atoms with Crippen LogP contribution in [-0.2, 0) is 4.79 Å². The number of carbonyl (C=O) groups is 1. The van der Waals surface area contributed by atoms with Gasteiger partial charge in [0.05, 0.1) is 6.10 Å². The van der Waals surface area contributed by atoms with E-state index in [4.69, 9.17) is 4.74 Å². The first-order valence-corrected chi connectivity index (χ1v) is 11.9. The van der Waals surface area contributed by atoms with E-state index in [0.717, 1.165) is 63.4 Å². The number of carbonyl (C=O) groups excluding carboxylic acids is 1. The number of nitrogens with zero attached hydrogens (tertiary/aromatic N) is 1. The highest BCUT2D eigenvalue weighted by Gasteiger charge is 2.21. The summed E-state index contributed by atoms with van der Waals surface area (Å²) in [4.78, 5) is 14.1. The zero-order valence-electron chi connectivity index (χ0n) is 18.5. The van der Waals surface area contributed by atoms with Crippen molar-refractivity contribution in [1.82, 2.24) is 4.90 Å². The van der Waals surface area contributed by atoms with Crippen LogP contribution in [-0.4, -0.2) is 36.4 Å². The highest BCUT2D eigenvalue weighted by Crippen LogP contribution is 2.30. The summed E-state index contributed by atoms with van der Waals surface area (Å²) in [5.74, 6) is 2.34. The van der Waals surface area contributed by atoms with Gasteiger partial charge in [0.1, 0.15) is 11.5 Å². The molecule has 1 heterocycles. The second-order valence-corrected chi connectivity index (χ2v) is 8.87. The van der Waals surface area contributed by atoms with Gasteiger partial charge in [0.2, 0.25) is 0 Å². The first kappa shape index (κ1) is 22.1. The van der Waals surface area contributed by atoms with E-state index in [-0.39, 0.29) is 0 Å². The molecular weight excluding hydrogens is 358 g/mol. The molecular formula is C26H39NO2. The number of hydrogen-bond acceptors (Lipinski definition) is 3. The van der Waals surface area contributed by atoms with E-state index < -0.39 is 0 Å². The Hall–Kier alpha value is -1.61. The average Bonchev–Trinajstić information content (AvgIpc) is 2.76. The van der Waals surface area contributed by atoms with Crippen molar-refractivity contribution < 1.29 is 9.53 Å². The largest absolute Gasteiger partial charge is 0.490 e. The van der Waals surface area contributed by atoms with Crippen molar-refractivity contribution in [2.75, 3.05) is 19.6 Å². The summed E-state index contributed by atoms with van der Waals surface area (Å²) in [7, 11) is 0. The van der Waals surface area contributed by atoms with E-state index >= 15 is 0 Å². The molecule has 0 bridgehead atoms. The molecule has 0 amide bonds. The van der Waals surface area contributed by atoms with Crippen LogP contribution in [0.1, 0.15) is 83.6 Å². The van der Waals surface area contributed by atoms with E-state index in [9.17, 15) is 4.79 Å². The molecule has 2 aliphatic rings. The second-order valence-electron chi connectivity index (χ2n) is 8.87. The van der Waals surface area contributed by atoms with Gasteiger partial charge in [-0.05, 0) is 80.7 Å². The highest BCUT2D eigenvalue weighted by atomic mass is 16.5.